The van der Waals surface area contributed by atoms with E-state index in [1.54, 1.807) is 0 Å². The third kappa shape index (κ3) is 7.69. The maximum Gasteiger partial charge on any atom is 0.306 e. The van der Waals surface area contributed by atoms with Crippen molar-refractivity contribution in [2.75, 3.05) is 6.61 Å². The van der Waals surface area contributed by atoms with Gasteiger partial charge in [0.05, 0.1) is 6.42 Å². The summed E-state index contributed by atoms with van der Waals surface area (Å²) >= 11 is 0. The van der Waals surface area contributed by atoms with Crippen LogP contribution < -0.4 is 0 Å². The van der Waals surface area contributed by atoms with Gasteiger partial charge in [-0.05, 0) is 39.0 Å². The van der Waals surface area contributed by atoms with Crippen LogP contribution in [0.5, 0.6) is 0 Å². The van der Waals surface area contributed by atoms with Crippen LogP contribution in [0.25, 0.3) is 0 Å². The number of hydrogen-bond donors (Lipinski definition) is 1. The third-order valence-corrected chi connectivity index (χ3v) is 2.57. The van der Waals surface area contributed by atoms with E-state index in [1.807, 2.05) is 20.8 Å². The van der Waals surface area contributed by atoms with Crippen LogP contribution in [-0.2, 0) is 9.53 Å². The van der Waals surface area contributed by atoms with Crippen LogP contribution in [0.15, 0.2) is 0 Å². The lowest BCUT2D eigenvalue weighted by Gasteiger charge is -2.22. The number of esters is 1. The highest BCUT2D eigenvalue weighted by atomic mass is 16.6. The zero-order valence-electron chi connectivity index (χ0n) is 11.2. The lowest BCUT2D eigenvalue weighted by atomic mass is 9.92. The Morgan fingerprint density at radius 3 is 2.31 bits per heavy atom. The fourth-order valence-corrected chi connectivity index (χ4v) is 1.58. The number of carbonyl (C=O) groups is 1. The summed E-state index contributed by atoms with van der Waals surface area (Å²) in [6, 6.07) is 0. The Morgan fingerprint density at radius 2 is 1.94 bits per heavy atom. The van der Waals surface area contributed by atoms with Crippen molar-refractivity contribution in [3.8, 4) is 0 Å². The van der Waals surface area contributed by atoms with E-state index >= 15 is 0 Å². The van der Waals surface area contributed by atoms with Gasteiger partial charge in [0.15, 0.2) is 0 Å². The van der Waals surface area contributed by atoms with Gasteiger partial charge < -0.3 is 9.84 Å². The van der Waals surface area contributed by atoms with Crippen LogP contribution in [-0.4, -0.2) is 23.3 Å². The van der Waals surface area contributed by atoms with E-state index in [0.29, 0.717) is 12.3 Å². The minimum Gasteiger partial charge on any atom is -0.460 e. The number of aliphatic hydroxyl groups excluding tert-OH is 1. The molecule has 0 aliphatic rings. The Hall–Kier alpha value is -0.570. The number of hydrogen-bond acceptors (Lipinski definition) is 3. The molecule has 0 aliphatic heterocycles. The predicted molar refractivity (Wildman–Crippen MR) is 65.1 cm³/mol. The van der Waals surface area contributed by atoms with E-state index in [4.69, 9.17) is 4.74 Å². The first-order valence-corrected chi connectivity index (χ1v) is 6.11. The molecule has 0 bridgehead atoms. The SMILES string of the molecule is CCC(C)CC(CO)CC(=O)OC(C)(C)C. The fourth-order valence-electron chi connectivity index (χ4n) is 1.58. The van der Waals surface area contributed by atoms with Crippen molar-refractivity contribution in [1.82, 2.24) is 0 Å². The normalized spacial score (nSPS) is 15.6. The van der Waals surface area contributed by atoms with Gasteiger partial charge in [-0.15, -0.1) is 0 Å². The molecule has 0 fully saturated rings. The summed E-state index contributed by atoms with van der Waals surface area (Å²) in [7, 11) is 0. The third-order valence-electron chi connectivity index (χ3n) is 2.57. The Labute approximate surface area is 99.2 Å². The van der Waals surface area contributed by atoms with Crippen molar-refractivity contribution in [1.29, 1.82) is 0 Å². The maximum atomic E-state index is 11.6. The van der Waals surface area contributed by atoms with Gasteiger partial charge in [-0.25, -0.2) is 0 Å². The van der Waals surface area contributed by atoms with Gasteiger partial charge in [-0.1, -0.05) is 20.3 Å². The van der Waals surface area contributed by atoms with Crippen LogP contribution in [0.3, 0.4) is 0 Å². The highest BCUT2D eigenvalue weighted by Gasteiger charge is 2.21. The minimum absolute atomic E-state index is 0.0322. The Kier molecular flexibility index (Phi) is 6.65. The van der Waals surface area contributed by atoms with Crippen LogP contribution in [0.4, 0.5) is 0 Å². The Morgan fingerprint density at radius 1 is 1.38 bits per heavy atom. The van der Waals surface area contributed by atoms with Crippen molar-refractivity contribution in [2.24, 2.45) is 11.8 Å². The Balaban J connectivity index is 4.07. The molecule has 0 rings (SSSR count). The monoisotopic (exact) mass is 230 g/mol. The van der Waals surface area contributed by atoms with E-state index in [-0.39, 0.29) is 18.5 Å². The van der Waals surface area contributed by atoms with Gasteiger partial charge in [0.25, 0.3) is 0 Å². The second kappa shape index (κ2) is 6.89. The first-order chi connectivity index (χ1) is 7.28. The molecule has 16 heavy (non-hydrogen) atoms. The summed E-state index contributed by atoms with van der Waals surface area (Å²) in [5.74, 6) is 0.360. The van der Waals surface area contributed by atoms with E-state index < -0.39 is 5.60 Å². The zero-order chi connectivity index (χ0) is 12.8. The van der Waals surface area contributed by atoms with Crippen molar-refractivity contribution in [3.05, 3.63) is 0 Å². The first kappa shape index (κ1) is 15.4. The smallest absolute Gasteiger partial charge is 0.306 e. The summed E-state index contributed by atoms with van der Waals surface area (Å²) < 4.78 is 5.24. The molecular weight excluding hydrogens is 204 g/mol. The molecule has 1 N–H and O–H groups in total. The average molecular weight is 230 g/mol. The Bertz CT molecular complexity index is 206. The quantitative estimate of drug-likeness (QED) is 0.714. The topological polar surface area (TPSA) is 46.5 Å². The second-order valence-corrected chi connectivity index (χ2v) is 5.59. The number of carbonyl (C=O) groups excluding carboxylic acids is 1. The van der Waals surface area contributed by atoms with Crippen molar-refractivity contribution in [2.45, 2.75) is 59.5 Å². The van der Waals surface area contributed by atoms with E-state index in [9.17, 15) is 9.90 Å². The lowest BCUT2D eigenvalue weighted by Crippen LogP contribution is -2.26. The lowest BCUT2D eigenvalue weighted by molar-refractivity contribution is -0.156. The van der Waals surface area contributed by atoms with E-state index in [2.05, 4.69) is 13.8 Å². The molecule has 0 heterocycles. The first-order valence-electron chi connectivity index (χ1n) is 6.11. The molecule has 0 spiro atoms. The van der Waals surface area contributed by atoms with Crippen LogP contribution in [0.2, 0.25) is 0 Å². The molecule has 3 nitrogen and oxygen atoms in total. The minimum atomic E-state index is -0.437. The molecule has 96 valence electrons. The molecule has 2 unspecified atom stereocenters. The molecule has 0 saturated carbocycles. The van der Waals surface area contributed by atoms with Gasteiger partial charge in [-0.3, -0.25) is 4.79 Å². The summed E-state index contributed by atoms with van der Waals surface area (Å²) in [4.78, 5) is 11.6. The highest BCUT2D eigenvalue weighted by Crippen LogP contribution is 2.19. The number of rotatable bonds is 6. The number of ether oxygens (including phenoxy) is 1. The van der Waals surface area contributed by atoms with Crippen molar-refractivity contribution < 1.29 is 14.6 Å². The molecule has 0 aromatic heterocycles. The molecule has 0 radical (unpaired) electrons. The second-order valence-electron chi connectivity index (χ2n) is 5.59. The molecule has 0 saturated heterocycles. The van der Waals surface area contributed by atoms with Crippen LogP contribution in [0, 0.1) is 11.8 Å². The average Bonchev–Trinajstić information content (AvgIpc) is 2.13. The van der Waals surface area contributed by atoms with E-state index in [0.717, 1.165) is 12.8 Å². The number of aliphatic hydroxyl groups is 1. The fraction of sp³-hybridized carbons (Fsp3) is 0.923. The van der Waals surface area contributed by atoms with Gasteiger partial charge in [0.1, 0.15) is 5.60 Å². The van der Waals surface area contributed by atoms with Gasteiger partial charge >= 0.3 is 5.97 Å². The van der Waals surface area contributed by atoms with Gasteiger partial charge in [0, 0.05) is 6.61 Å². The molecule has 0 amide bonds. The molecular formula is C13H26O3. The maximum absolute atomic E-state index is 11.6. The predicted octanol–water partition coefficient (Wildman–Crippen LogP) is 2.76. The molecule has 2 atom stereocenters. The summed E-state index contributed by atoms with van der Waals surface area (Å²) in [5.41, 5.74) is -0.437. The molecule has 0 aromatic carbocycles. The van der Waals surface area contributed by atoms with Crippen LogP contribution in [0.1, 0.15) is 53.9 Å². The molecule has 3 heteroatoms. The summed E-state index contributed by atoms with van der Waals surface area (Å²) in [6.45, 7) is 9.88. The molecule has 0 aromatic rings. The largest absolute Gasteiger partial charge is 0.460 e. The summed E-state index contributed by atoms with van der Waals surface area (Å²) in [5, 5.41) is 9.21. The van der Waals surface area contributed by atoms with Gasteiger partial charge in [-0.2, -0.15) is 0 Å². The zero-order valence-corrected chi connectivity index (χ0v) is 11.2. The van der Waals surface area contributed by atoms with Crippen molar-refractivity contribution >= 4 is 5.97 Å². The van der Waals surface area contributed by atoms with Gasteiger partial charge in [0.2, 0.25) is 0 Å². The summed E-state index contributed by atoms with van der Waals surface area (Å²) in [6.07, 6.45) is 2.27. The highest BCUT2D eigenvalue weighted by molar-refractivity contribution is 5.70. The van der Waals surface area contributed by atoms with E-state index in [1.165, 1.54) is 0 Å². The van der Waals surface area contributed by atoms with Crippen LogP contribution >= 0.6 is 0 Å². The standard InChI is InChI=1S/C13H26O3/c1-6-10(2)7-11(9-14)8-12(15)16-13(3,4)5/h10-11,14H,6-9H2,1-5H3. The van der Waals surface area contributed by atoms with Crippen molar-refractivity contribution in [3.63, 3.8) is 0 Å². The molecule has 0 aliphatic carbocycles.